The Morgan fingerprint density at radius 1 is 1.27 bits per heavy atom. The summed E-state index contributed by atoms with van der Waals surface area (Å²) in [5.41, 5.74) is -0.663. The highest BCUT2D eigenvalue weighted by molar-refractivity contribution is 5.77. The molecule has 4 heteroatoms. The molecule has 0 aromatic rings. The third-order valence-electron chi connectivity index (χ3n) is 3.90. The van der Waals surface area contributed by atoms with Gasteiger partial charge in [-0.05, 0) is 31.6 Å². The Balaban J connectivity index is 5.42. The second kappa shape index (κ2) is 10.0. The van der Waals surface area contributed by atoms with Crippen LogP contribution in [0, 0.1) is 10.8 Å². The molecule has 0 radical (unpaired) electrons. The number of ether oxygens (including phenoxy) is 3. The molecule has 0 aliphatic carbocycles. The molecule has 0 N–H and O–H groups in total. The van der Waals surface area contributed by atoms with Crippen molar-refractivity contribution in [1.82, 2.24) is 0 Å². The summed E-state index contributed by atoms with van der Waals surface area (Å²) in [5, 5.41) is 0. The molecule has 0 rings (SSSR count). The summed E-state index contributed by atoms with van der Waals surface area (Å²) in [5.74, 6) is -0.146. The van der Waals surface area contributed by atoms with Crippen molar-refractivity contribution in [2.24, 2.45) is 10.8 Å². The normalized spacial score (nSPS) is 15.9. The molecule has 0 saturated carbocycles. The summed E-state index contributed by atoms with van der Waals surface area (Å²) in [7, 11) is 1.61. The summed E-state index contributed by atoms with van der Waals surface area (Å²) < 4.78 is 16.3. The van der Waals surface area contributed by atoms with Gasteiger partial charge in [0.2, 0.25) is 0 Å². The van der Waals surface area contributed by atoms with Crippen LogP contribution in [-0.4, -0.2) is 32.6 Å². The summed E-state index contributed by atoms with van der Waals surface area (Å²) in [4.78, 5) is 12.6. The fraction of sp³-hybridized carbons (Fsp3) is 0.833. The third-order valence-corrected chi connectivity index (χ3v) is 3.90. The molecule has 0 saturated heterocycles. The number of hydrogen-bond donors (Lipinski definition) is 0. The largest absolute Gasteiger partial charge is 0.466 e. The minimum atomic E-state index is -0.571. The Kier molecular flexibility index (Phi) is 9.61. The van der Waals surface area contributed by atoms with E-state index in [1.807, 2.05) is 13.0 Å². The molecule has 2 atom stereocenters. The first-order chi connectivity index (χ1) is 10.3. The van der Waals surface area contributed by atoms with Gasteiger partial charge in [-0.15, -0.1) is 6.58 Å². The Hall–Kier alpha value is -0.870. The number of rotatable bonds is 11. The average Bonchev–Trinajstić information content (AvgIpc) is 2.42. The van der Waals surface area contributed by atoms with Gasteiger partial charge in [-0.2, -0.15) is 0 Å². The molecule has 0 fully saturated rings. The zero-order valence-electron chi connectivity index (χ0n) is 15.2. The van der Waals surface area contributed by atoms with E-state index in [9.17, 15) is 4.79 Å². The monoisotopic (exact) mass is 314 g/mol. The number of hydrogen-bond acceptors (Lipinski definition) is 4. The van der Waals surface area contributed by atoms with Crippen molar-refractivity contribution in [3.63, 3.8) is 0 Å². The molecule has 0 aromatic carbocycles. The van der Waals surface area contributed by atoms with E-state index in [0.29, 0.717) is 19.4 Å². The van der Waals surface area contributed by atoms with E-state index >= 15 is 0 Å². The van der Waals surface area contributed by atoms with Crippen molar-refractivity contribution in [3.05, 3.63) is 12.7 Å². The summed E-state index contributed by atoms with van der Waals surface area (Å²) in [6.45, 7) is 14.7. The summed E-state index contributed by atoms with van der Waals surface area (Å²) in [6, 6.07) is 0. The number of methoxy groups -OCH3 is 1. The second-order valence-electron chi connectivity index (χ2n) is 6.88. The molecule has 0 aromatic heterocycles. The van der Waals surface area contributed by atoms with Crippen molar-refractivity contribution < 1.29 is 19.0 Å². The lowest BCUT2D eigenvalue weighted by molar-refractivity contribution is -0.165. The van der Waals surface area contributed by atoms with Crippen LogP contribution in [0.1, 0.15) is 60.3 Å². The van der Waals surface area contributed by atoms with Gasteiger partial charge in [0.25, 0.3) is 0 Å². The van der Waals surface area contributed by atoms with Gasteiger partial charge >= 0.3 is 5.97 Å². The van der Waals surface area contributed by atoms with Crippen molar-refractivity contribution in [1.29, 1.82) is 0 Å². The molecule has 0 heterocycles. The quantitative estimate of drug-likeness (QED) is 0.323. The van der Waals surface area contributed by atoms with Crippen LogP contribution in [0.25, 0.3) is 0 Å². The van der Waals surface area contributed by atoms with Crippen LogP contribution in [0.2, 0.25) is 0 Å². The van der Waals surface area contributed by atoms with Crippen LogP contribution >= 0.6 is 0 Å². The van der Waals surface area contributed by atoms with Crippen LogP contribution in [-0.2, 0) is 19.0 Å². The SMILES string of the molecule is C=CC[C@](CCC)(C[C@H](OCOC)C(C)(C)C)C(=O)OCC. The minimum absolute atomic E-state index is 0.0921. The van der Waals surface area contributed by atoms with Crippen molar-refractivity contribution in [2.75, 3.05) is 20.5 Å². The van der Waals surface area contributed by atoms with Gasteiger partial charge < -0.3 is 14.2 Å². The smallest absolute Gasteiger partial charge is 0.312 e. The lowest BCUT2D eigenvalue weighted by Crippen LogP contribution is -2.41. The van der Waals surface area contributed by atoms with E-state index in [1.54, 1.807) is 7.11 Å². The fourth-order valence-electron chi connectivity index (χ4n) is 2.72. The van der Waals surface area contributed by atoms with Crippen LogP contribution < -0.4 is 0 Å². The Morgan fingerprint density at radius 2 is 1.91 bits per heavy atom. The van der Waals surface area contributed by atoms with Gasteiger partial charge in [-0.3, -0.25) is 4.79 Å². The van der Waals surface area contributed by atoms with Crippen LogP contribution in [0.3, 0.4) is 0 Å². The van der Waals surface area contributed by atoms with Gasteiger partial charge in [0, 0.05) is 7.11 Å². The van der Waals surface area contributed by atoms with Gasteiger partial charge in [-0.1, -0.05) is 40.2 Å². The zero-order valence-corrected chi connectivity index (χ0v) is 15.2. The van der Waals surface area contributed by atoms with E-state index in [0.717, 1.165) is 12.8 Å². The minimum Gasteiger partial charge on any atom is -0.466 e. The molecular formula is C18H34O4. The standard InChI is InChI=1S/C18H34O4/c1-8-11-18(12-9-2,16(19)21-10-3)13-15(17(4,5)6)22-14-20-7/h8,15H,1,9-14H2,2-7H3/t15-,18-/m0/s1. The fourth-order valence-corrected chi connectivity index (χ4v) is 2.72. The van der Waals surface area contributed by atoms with Gasteiger partial charge in [-0.25, -0.2) is 0 Å². The maximum Gasteiger partial charge on any atom is 0.312 e. The first kappa shape index (κ1) is 21.1. The molecule has 0 unspecified atom stereocenters. The molecule has 0 bridgehead atoms. The van der Waals surface area contributed by atoms with Crippen molar-refractivity contribution in [2.45, 2.75) is 66.4 Å². The predicted octanol–water partition coefficient (Wildman–Crippen LogP) is 4.34. The molecule has 130 valence electrons. The molecule has 22 heavy (non-hydrogen) atoms. The Bertz CT molecular complexity index is 332. The second-order valence-corrected chi connectivity index (χ2v) is 6.88. The third kappa shape index (κ3) is 6.49. The average molecular weight is 314 g/mol. The molecule has 4 nitrogen and oxygen atoms in total. The van der Waals surface area contributed by atoms with E-state index in [-0.39, 0.29) is 24.3 Å². The van der Waals surface area contributed by atoms with E-state index < -0.39 is 5.41 Å². The van der Waals surface area contributed by atoms with E-state index in [1.165, 1.54) is 0 Å². The van der Waals surface area contributed by atoms with Gasteiger partial charge in [0.05, 0.1) is 18.1 Å². The Morgan fingerprint density at radius 3 is 2.32 bits per heavy atom. The number of carbonyl (C=O) groups excluding carboxylic acids is 1. The number of allylic oxidation sites excluding steroid dienone is 1. The predicted molar refractivity (Wildman–Crippen MR) is 89.6 cm³/mol. The van der Waals surface area contributed by atoms with E-state index in [4.69, 9.17) is 14.2 Å². The molecule has 0 amide bonds. The summed E-state index contributed by atoms with van der Waals surface area (Å²) in [6.07, 6.45) is 4.60. The highest BCUT2D eigenvalue weighted by atomic mass is 16.7. The van der Waals surface area contributed by atoms with Crippen LogP contribution in [0.5, 0.6) is 0 Å². The lowest BCUT2D eigenvalue weighted by atomic mass is 9.71. The van der Waals surface area contributed by atoms with Crippen molar-refractivity contribution in [3.8, 4) is 0 Å². The first-order valence-electron chi connectivity index (χ1n) is 8.16. The summed E-state index contributed by atoms with van der Waals surface area (Å²) >= 11 is 0. The maximum absolute atomic E-state index is 12.6. The lowest BCUT2D eigenvalue weighted by Gasteiger charge is -2.38. The van der Waals surface area contributed by atoms with Gasteiger partial charge in [0.1, 0.15) is 6.79 Å². The van der Waals surface area contributed by atoms with Gasteiger partial charge in [0.15, 0.2) is 0 Å². The van der Waals surface area contributed by atoms with Crippen LogP contribution in [0.4, 0.5) is 0 Å². The zero-order chi connectivity index (χ0) is 17.2. The topological polar surface area (TPSA) is 44.8 Å². The van der Waals surface area contributed by atoms with Crippen molar-refractivity contribution >= 4 is 5.97 Å². The highest BCUT2D eigenvalue weighted by Gasteiger charge is 2.43. The first-order valence-corrected chi connectivity index (χ1v) is 8.16. The molecule has 0 aliphatic rings. The van der Waals surface area contributed by atoms with E-state index in [2.05, 4.69) is 34.3 Å². The van der Waals surface area contributed by atoms with Crippen LogP contribution in [0.15, 0.2) is 12.7 Å². The Labute approximate surface area is 136 Å². The maximum atomic E-state index is 12.6. The molecular weight excluding hydrogens is 280 g/mol. The highest BCUT2D eigenvalue weighted by Crippen LogP contribution is 2.40. The molecule has 0 spiro atoms. The number of carbonyl (C=O) groups is 1. The number of esters is 1. The molecule has 0 aliphatic heterocycles.